The second-order valence-electron chi connectivity index (χ2n) is 4.92. The van der Waals surface area contributed by atoms with E-state index >= 15 is 0 Å². The molecule has 1 aromatic heterocycles. The normalized spacial score (nSPS) is 10.4. The third kappa shape index (κ3) is 3.27. The number of carbonyl (C=O) groups is 2. The summed E-state index contributed by atoms with van der Waals surface area (Å²) in [5, 5.41) is 30.6. The molecule has 0 saturated carbocycles. The molecule has 124 valence electrons. The molecule has 24 heavy (non-hydrogen) atoms. The topological polar surface area (TPSA) is 146 Å². The van der Waals surface area contributed by atoms with Gasteiger partial charge in [-0.2, -0.15) is 0 Å². The summed E-state index contributed by atoms with van der Waals surface area (Å²) in [5.74, 6) is -1.76. The molecule has 0 unspecified atom stereocenters. The zero-order valence-electron chi connectivity index (χ0n) is 12.3. The first-order valence-electron chi connectivity index (χ1n) is 6.55. The van der Waals surface area contributed by atoms with Gasteiger partial charge in [0.2, 0.25) is 5.78 Å². The summed E-state index contributed by atoms with van der Waals surface area (Å²) in [6.07, 6.45) is -0.307. The van der Waals surface area contributed by atoms with E-state index in [1.807, 2.05) is 0 Å². The van der Waals surface area contributed by atoms with Crippen LogP contribution in [0.4, 0.5) is 11.4 Å². The second-order valence-corrected chi connectivity index (χ2v) is 4.92. The number of non-ortho nitro benzene ring substituents is 2. The van der Waals surface area contributed by atoms with Gasteiger partial charge in [0.25, 0.3) is 11.4 Å². The van der Waals surface area contributed by atoms with Crippen molar-refractivity contribution in [3.8, 4) is 0 Å². The number of rotatable bonds is 6. The monoisotopic (exact) mass is 333 g/mol. The molecule has 0 atom stereocenters. The fourth-order valence-electron chi connectivity index (χ4n) is 2.20. The van der Waals surface area contributed by atoms with Crippen LogP contribution in [0.3, 0.4) is 0 Å². The number of ketones is 1. The maximum Gasteiger partial charge on any atom is 0.309 e. The molecule has 10 heteroatoms. The van der Waals surface area contributed by atoms with Crippen LogP contribution in [0.2, 0.25) is 0 Å². The minimum atomic E-state index is -1.08. The standard InChI is InChI=1S/C14H11N3O7/c1-15-9(7-13(18)19)2-3-12(15)14(20)8-4-10(16(21)22)6-11(5-8)17(23)24/h2-6H,7H2,1H3,(H,18,19). The van der Waals surface area contributed by atoms with Gasteiger partial charge in [-0.05, 0) is 12.1 Å². The van der Waals surface area contributed by atoms with E-state index in [9.17, 15) is 29.8 Å². The van der Waals surface area contributed by atoms with Crippen molar-refractivity contribution in [1.82, 2.24) is 4.57 Å². The molecular formula is C14H11N3O7. The van der Waals surface area contributed by atoms with Crippen molar-refractivity contribution in [2.45, 2.75) is 6.42 Å². The van der Waals surface area contributed by atoms with E-state index in [0.29, 0.717) is 5.69 Å². The van der Waals surface area contributed by atoms with Gasteiger partial charge in [-0.1, -0.05) is 0 Å². The largest absolute Gasteiger partial charge is 0.481 e. The van der Waals surface area contributed by atoms with Crippen molar-refractivity contribution in [2.24, 2.45) is 7.05 Å². The average Bonchev–Trinajstić information content (AvgIpc) is 2.86. The maximum absolute atomic E-state index is 12.5. The van der Waals surface area contributed by atoms with Crippen molar-refractivity contribution in [3.05, 3.63) is 67.5 Å². The molecule has 0 bridgehead atoms. The predicted octanol–water partition coefficient (Wildman–Crippen LogP) is 1.70. The van der Waals surface area contributed by atoms with E-state index in [1.165, 1.54) is 23.7 Å². The van der Waals surface area contributed by atoms with Gasteiger partial charge in [-0.25, -0.2) is 0 Å². The number of carboxylic acid groups (broad SMARTS) is 1. The van der Waals surface area contributed by atoms with Crippen LogP contribution in [0.15, 0.2) is 30.3 Å². The molecule has 0 fully saturated rings. The summed E-state index contributed by atoms with van der Waals surface area (Å²) in [6, 6.07) is 5.45. The zero-order valence-corrected chi connectivity index (χ0v) is 12.3. The SMILES string of the molecule is Cn1c(CC(=O)O)ccc1C(=O)c1cc([N+](=O)[O-])cc([N+](=O)[O-])c1. The summed E-state index contributed by atoms with van der Waals surface area (Å²) in [6.45, 7) is 0. The summed E-state index contributed by atoms with van der Waals surface area (Å²) >= 11 is 0. The number of carbonyl (C=O) groups excluding carboxylic acids is 1. The van der Waals surface area contributed by atoms with Gasteiger partial charge in [0, 0.05) is 30.4 Å². The highest BCUT2D eigenvalue weighted by Gasteiger charge is 2.22. The molecule has 2 rings (SSSR count). The second kappa shape index (κ2) is 6.28. The van der Waals surface area contributed by atoms with Gasteiger partial charge >= 0.3 is 5.97 Å². The van der Waals surface area contributed by atoms with Crippen LogP contribution in [-0.4, -0.2) is 31.3 Å². The van der Waals surface area contributed by atoms with Crippen molar-refractivity contribution in [3.63, 3.8) is 0 Å². The highest BCUT2D eigenvalue weighted by Crippen LogP contribution is 2.25. The molecule has 0 aliphatic rings. The Bertz CT molecular complexity index is 837. The Morgan fingerprint density at radius 3 is 2.08 bits per heavy atom. The average molecular weight is 333 g/mol. The highest BCUT2D eigenvalue weighted by atomic mass is 16.6. The van der Waals surface area contributed by atoms with Gasteiger partial charge in [0.1, 0.15) is 0 Å². The lowest BCUT2D eigenvalue weighted by molar-refractivity contribution is -0.394. The number of nitro benzene ring substituents is 2. The number of hydrogen-bond acceptors (Lipinski definition) is 6. The first kappa shape index (κ1) is 16.8. The van der Waals surface area contributed by atoms with Gasteiger partial charge < -0.3 is 9.67 Å². The quantitative estimate of drug-likeness (QED) is 0.481. The van der Waals surface area contributed by atoms with E-state index in [2.05, 4.69) is 0 Å². The van der Waals surface area contributed by atoms with Crippen LogP contribution >= 0.6 is 0 Å². The summed E-state index contributed by atoms with van der Waals surface area (Å²) in [5.41, 5.74) is -0.953. The van der Waals surface area contributed by atoms with E-state index in [-0.39, 0.29) is 17.7 Å². The lowest BCUT2D eigenvalue weighted by Crippen LogP contribution is -2.12. The fourth-order valence-corrected chi connectivity index (χ4v) is 2.20. The Hall–Kier alpha value is -3.56. The lowest BCUT2D eigenvalue weighted by atomic mass is 10.1. The van der Waals surface area contributed by atoms with E-state index in [1.54, 1.807) is 0 Å². The smallest absolute Gasteiger partial charge is 0.309 e. The Morgan fingerprint density at radius 2 is 1.62 bits per heavy atom. The van der Waals surface area contributed by atoms with E-state index in [0.717, 1.165) is 18.2 Å². The zero-order chi connectivity index (χ0) is 18.0. The third-order valence-electron chi connectivity index (χ3n) is 3.38. The minimum Gasteiger partial charge on any atom is -0.481 e. The Morgan fingerprint density at radius 1 is 1.08 bits per heavy atom. The van der Waals surface area contributed by atoms with Crippen LogP contribution in [0, 0.1) is 20.2 Å². The number of hydrogen-bond donors (Lipinski definition) is 1. The predicted molar refractivity (Wildman–Crippen MR) is 79.9 cm³/mol. The van der Waals surface area contributed by atoms with E-state index < -0.39 is 33.0 Å². The van der Waals surface area contributed by atoms with Crippen LogP contribution in [0.5, 0.6) is 0 Å². The van der Waals surface area contributed by atoms with Crippen LogP contribution in [0.1, 0.15) is 21.7 Å². The van der Waals surface area contributed by atoms with Crippen molar-refractivity contribution in [1.29, 1.82) is 0 Å². The molecule has 0 radical (unpaired) electrons. The van der Waals surface area contributed by atoms with Crippen LogP contribution in [0.25, 0.3) is 0 Å². The van der Waals surface area contributed by atoms with Gasteiger partial charge in [-0.3, -0.25) is 29.8 Å². The molecule has 0 amide bonds. The summed E-state index contributed by atoms with van der Waals surface area (Å²) in [4.78, 5) is 43.4. The van der Waals surface area contributed by atoms with Crippen LogP contribution in [-0.2, 0) is 18.3 Å². The number of nitrogens with zero attached hydrogens (tertiary/aromatic N) is 3. The Labute approximate surface area is 134 Å². The number of carboxylic acids is 1. The number of aromatic nitrogens is 1. The number of nitro groups is 2. The fraction of sp³-hybridized carbons (Fsp3) is 0.143. The van der Waals surface area contributed by atoms with Gasteiger partial charge in [0.15, 0.2) is 0 Å². The Balaban J connectivity index is 2.50. The third-order valence-corrected chi connectivity index (χ3v) is 3.38. The molecule has 1 N–H and O–H groups in total. The molecular weight excluding hydrogens is 322 g/mol. The molecule has 10 nitrogen and oxygen atoms in total. The first-order chi connectivity index (χ1) is 11.2. The van der Waals surface area contributed by atoms with E-state index in [4.69, 9.17) is 5.11 Å². The molecule has 1 heterocycles. The Kier molecular flexibility index (Phi) is 4.40. The van der Waals surface area contributed by atoms with Crippen molar-refractivity contribution in [2.75, 3.05) is 0 Å². The molecule has 0 saturated heterocycles. The first-order valence-corrected chi connectivity index (χ1v) is 6.55. The van der Waals surface area contributed by atoms with Gasteiger partial charge in [0.05, 0.1) is 28.0 Å². The highest BCUT2D eigenvalue weighted by molar-refractivity contribution is 6.08. The van der Waals surface area contributed by atoms with Crippen molar-refractivity contribution < 1.29 is 24.5 Å². The number of aliphatic carboxylic acids is 1. The molecule has 1 aromatic carbocycles. The molecule has 0 aliphatic carbocycles. The van der Waals surface area contributed by atoms with Gasteiger partial charge in [-0.15, -0.1) is 0 Å². The lowest BCUT2D eigenvalue weighted by Gasteiger charge is -2.06. The summed E-state index contributed by atoms with van der Waals surface area (Å²) in [7, 11) is 1.47. The summed E-state index contributed by atoms with van der Waals surface area (Å²) < 4.78 is 1.33. The maximum atomic E-state index is 12.5. The molecule has 2 aromatic rings. The molecule has 0 spiro atoms. The number of benzene rings is 1. The molecule has 0 aliphatic heterocycles. The minimum absolute atomic E-state index is 0.0704. The van der Waals surface area contributed by atoms with Crippen molar-refractivity contribution >= 4 is 23.1 Å². The van der Waals surface area contributed by atoms with Crippen LogP contribution < -0.4 is 0 Å².